The van der Waals surface area contributed by atoms with Crippen molar-refractivity contribution in [1.82, 2.24) is 4.57 Å². The van der Waals surface area contributed by atoms with Gasteiger partial charge in [-0.15, -0.1) is 0 Å². The van der Waals surface area contributed by atoms with Gasteiger partial charge in [-0.2, -0.15) is 0 Å². The minimum absolute atomic E-state index is 0.201. The van der Waals surface area contributed by atoms with Gasteiger partial charge in [-0.1, -0.05) is 24.3 Å². The maximum absolute atomic E-state index is 13.3. The zero-order valence-corrected chi connectivity index (χ0v) is 10.9. The summed E-state index contributed by atoms with van der Waals surface area (Å²) in [6.45, 7) is 0. The molecule has 5 heteroatoms. The molecule has 0 radical (unpaired) electrons. The van der Waals surface area contributed by atoms with E-state index in [2.05, 4.69) is 0 Å². The highest BCUT2D eigenvalue weighted by Gasteiger charge is 2.17. The second kappa shape index (κ2) is 4.86. The first-order chi connectivity index (χ1) is 10.1. The number of hydrogen-bond acceptors (Lipinski definition) is 2. The first-order valence-corrected chi connectivity index (χ1v) is 6.28. The van der Waals surface area contributed by atoms with Crippen molar-refractivity contribution in [1.29, 1.82) is 0 Å². The largest absolute Gasteiger partial charge is 0.366 e. The molecule has 0 fully saturated rings. The van der Waals surface area contributed by atoms with E-state index >= 15 is 0 Å². The summed E-state index contributed by atoms with van der Waals surface area (Å²) in [4.78, 5) is 24.0. The van der Waals surface area contributed by atoms with Gasteiger partial charge < -0.3 is 5.73 Å². The molecule has 0 bridgehead atoms. The number of aromatic nitrogens is 1. The summed E-state index contributed by atoms with van der Waals surface area (Å²) in [5.74, 6) is -1.53. The fourth-order valence-electron chi connectivity index (χ4n) is 2.30. The van der Waals surface area contributed by atoms with Crippen molar-refractivity contribution < 1.29 is 14.0 Å². The first-order valence-electron chi connectivity index (χ1n) is 6.28. The average Bonchev–Trinajstić information content (AvgIpc) is 2.86. The van der Waals surface area contributed by atoms with Crippen molar-refractivity contribution in [3.05, 3.63) is 71.7 Å². The number of fused-ring (bicyclic) bond motifs is 1. The fraction of sp³-hybridized carbons (Fsp3) is 0. The van der Waals surface area contributed by atoms with Crippen LogP contribution in [0.2, 0.25) is 0 Å². The molecule has 104 valence electrons. The van der Waals surface area contributed by atoms with E-state index < -0.39 is 17.6 Å². The second-order valence-corrected chi connectivity index (χ2v) is 4.61. The average molecular weight is 282 g/mol. The Balaban J connectivity index is 2.21. The van der Waals surface area contributed by atoms with Gasteiger partial charge in [-0.25, -0.2) is 4.39 Å². The molecule has 21 heavy (non-hydrogen) atoms. The lowest BCUT2D eigenvalue weighted by Gasteiger charge is -2.04. The van der Waals surface area contributed by atoms with Gasteiger partial charge in [-0.05, 0) is 24.3 Å². The van der Waals surface area contributed by atoms with Crippen LogP contribution in [0, 0.1) is 5.82 Å². The third-order valence-corrected chi connectivity index (χ3v) is 3.27. The van der Waals surface area contributed by atoms with E-state index in [0.717, 1.165) is 6.07 Å². The van der Waals surface area contributed by atoms with E-state index in [4.69, 9.17) is 5.73 Å². The molecule has 3 aromatic rings. The van der Waals surface area contributed by atoms with Gasteiger partial charge in [-0.3, -0.25) is 14.2 Å². The summed E-state index contributed by atoms with van der Waals surface area (Å²) in [5, 5.41) is 0.592. The standard InChI is InChI=1S/C16H11FN2O2/c17-11-5-3-4-10(8-11)16(21)19-9-13(15(18)20)12-6-1-2-7-14(12)19/h1-9H,(H2,18,20). The van der Waals surface area contributed by atoms with Gasteiger partial charge in [0, 0.05) is 17.1 Å². The van der Waals surface area contributed by atoms with Gasteiger partial charge in [0.25, 0.3) is 11.8 Å². The van der Waals surface area contributed by atoms with Crippen LogP contribution >= 0.6 is 0 Å². The molecule has 0 aliphatic carbocycles. The second-order valence-electron chi connectivity index (χ2n) is 4.61. The Bertz CT molecular complexity index is 868. The van der Waals surface area contributed by atoms with Crippen molar-refractivity contribution in [2.24, 2.45) is 5.73 Å². The van der Waals surface area contributed by atoms with Crippen LogP contribution in [0.15, 0.2) is 54.7 Å². The Hall–Kier alpha value is -2.95. The third kappa shape index (κ3) is 2.18. The molecule has 0 aliphatic rings. The summed E-state index contributed by atoms with van der Waals surface area (Å²) in [5.41, 5.74) is 6.35. The summed E-state index contributed by atoms with van der Waals surface area (Å²) >= 11 is 0. The van der Waals surface area contributed by atoms with Crippen LogP contribution in [0.3, 0.4) is 0 Å². The van der Waals surface area contributed by atoms with Crippen LogP contribution in [-0.2, 0) is 0 Å². The van der Waals surface area contributed by atoms with Crippen molar-refractivity contribution in [2.45, 2.75) is 0 Å². The van der Waals surface area contributed by atoms with E-state index in [1.54, 1.807) is 24.3 Å². The number of hydrogen-bond donors (Lipinski definition) is 1. The van der Waals surface area contributed by atoms with Gasteiger partial charge >= 0.3 is 0 Å². The van der Waals surface area contributed by atoms with E-state index in [0.29, 0.717) is 10.9 Å². The van der Waals surface area contributed by atoms with Gasteiger partial charge in [0.05, 0.1) is 11.1 Å². The number of nitrogens with two attached hydrogens (primary N) is 1. The number of carbonyl (C=O) groups is 2. The zero-order valence-electron chi connectivity index (χ0n) is 10.9. The molecule has 0 aliphatic heterocycles. The monoisotopic (exact) mass is 282 g/mol. The topological polar surface area (TPSA) is 65.1 Å². The number of carbonyl (C=O) groups excluding carboxylic acids is 2. The highest BCUT2D eigenvalue weighted by molar-refractivity contribution is 6.10. The molecule has 0 saturated carbocycles. The number of benzene rings is 2. The number of halogens is 1. The third-order valence-electron chi connectivity index (χ3n) is 3.27. The molecular formula is C16H11FN2O2. The van der Waals surface area contributed by atoms with Crippen molar-refractivity contribution in [2.75, 3.05) is 0 Å². The highest BCUT2D eigenvalue weighted by Crippen LogP contribution is 2.22. The number of nitrogens with zero attached hydrogens (tertiary/aromatic N) is 1. The minimum Gasteiger partial charge on any atom is -0.366 e. The van der Waals surface area contributed by atoms with Crippen molar-refractivity contribution in [3.63, 3.8) is 0 Å². The SMILES string of the molecule is NC(=O)c1cn(C(=O)c2cccc(F)c2)c2ccccc12. The highest BCUT2D eigenvalue weighted by atomic mass is 19.1. The Morgan fingerprint density at radius 2 is 1.81 bits per heavy atom. The van der Waals surface area contributed by atoms with Crippen LogP contribution in [0.1, 0.15) is 20.7 Å². The lowest BCUT2D eigenvalue weighted by atomic mass is 10.1. The van der Waals surface area contributed by atoms with E-state index in [1.807, 2.05) is 0 Å². The van der Waals surface area contributed by atoms with Crippen LogP contribution in [-0.4, -0.2) is 16.4 Å². The molecule has 0 atom stereocenters. The number of primary amides is 1. The normalized spacial score (nSPS) is 10.7. The molecule has 3 rings (SSSR count). The quantitative estimate of drug-likeness (QED) is 0.785. The molecular weight excluding hydrogens is 271 g/mol. The number of rotatable bonds is 2. The smallest absolute Gasteiger partial charge is 0.262 e. The summed E-state index contributed by atoms with van der Waals surface area (Å²) in [6, 6.07) is 12.3. The lowest BCUT2D eigenvalue weighted by molar-refractivity contribution is 0.0964. The summed E-state index contributed by atoms with van der Waals surface area (Å²) in [6.07, 6.45) is 1.39. The predicted octanol–water partition coefficient (Wildman–Crippen LogP) is 2.57. The zero-order chi connectivity index (χ0) is 15.0. The Morgan fingerprint density at radius 1 is 1.05 bits per heavy atom. The predicted molar refractivity (Wildman–Crippen MR) is 76.6 cm³/mol. The molecule has 1 amide bonds. The van der Waals surface area contributed by atoms with Crippen molar-refractivity contribution in [3.8, 4) is 0 Å². The van der Waals surface area contributed by atoms with Crippen LogP contribution in [0.25, 0.3) is 10.9 Å². The maximum atomic E-state index is 13.3. The molecule has 1 heterocycles. The van der Waals surface area contributed by atoms with E-state index in [1.165, 1.54) is 29.0 Å². The number of para-hydroxylation sites is 1. The van der Waals surface area contributed by atoms with E-state index in [9.17, 15) is 14.0 Å². The Kier molecular flexibility index (Phi) is 3.02. The fourth-order valence-corrected chi connectivity index (χ4v) is 2.30. The van der Waals surface area contributed by atoms with Gasteiger partial charge in [0.1, 0.15) is 5.82 Å². The molecule has 0 saturated heterocycles. The van der Waals surface area contributed by atoms with Gasteiger partial charge in [0.15, 0.2) is 0 Å². The first kappa shape index (κ1) is 13.1. The molecule has 4 nitrogen and oxygen atoms in total. The number of amides is 1. The van der Waals surface area contributed by atoms with Crippen LogP contribution < -0.4 is 5.73 Å². The Morgan fingerprint density at radius 3 is 2.52 bits per heavy atom. The molecule has 2 aromatic carbocycles. The Labute approximate surface area is 119 Å². The molecule has 2 N–H and O–H groups in total. The molecule has 0 spiro atoms. The molecule has 1 aromatic heterocycles. The summed E-state index contributed by atoms with van der Waals surface area (Å²) < 4.78 is 14.6. The van der Waals surface area contributed by atoms with Crippen molar-refractivity contribution >= 4 is 22.7 Å². The maximum Gasteiger partial charge on any atom is 0.262 e. The minimum atomic E-state index is -0.614. The van der Waals surface area contributed by atoms with Gasteiger partial charge in [0.2, 0.25) is 0 Å². The van der Waals surface area contributed by atoms with Crippen LogP contribution in [0.5, 0.6) is 0 Å². The summed E-state index contributed by atoms with van der Waals surface area (Å²) in [7, 11) is 0. The van der Waals surface area contributed by atoms with E-state index in [-0.39, 0.29) is 11.1 Å². The lowest BCUT2D eigenvalue weighted by Crippen LogP contribution is -2.13. The molecule has 0 unspecified atom stereocenters. The van der Waals surface area contributed by atoms with Crippen LogP contribution in [0.4, 0.5) is 4.39 Å².